The van der Waals surface area contributed by atoms with Crippen molar-refractivity contribution in [3.8, 4) is 0 Å². The van der Waals surface area contributed by atoms with Crippen molar-refractivity contribution >= 4 is 38.9 Å². The van der Waals surface area contributed by atoms with Crippen molar-refractivity contribution in [2.45, 2.75) is 0 Å². The number of hydrogen-bond donors (Lipinski definition) is 2. The zero-order valence-corrected chi connectivity index (χ0v) is 14.0. The molecule has 0 saturated heterocycles. The highest BCUT2D eigenvalue weighted by Gasteiger charge is 2.08. The fourth-order valence-corrected chi connectivity index (χ4v) is 2.33. The molecule has 1 aromatic heterocycles. The minimum atomic E-state index is -0.352. The summed E-state index contributed by atoms with van der Waals surface area (Å²) in [4.78, 5) is 16.4. The number of pyridine rings is 1. The third kappa shape index (κ3) is 4.17. The van der Waals surface area contributed by atoms with Crippen molar-refractivity contribution < 1.29 is 9.18 Å². The Labute approximate surface area is 146 Å². The van der Waals surface area contributed by atoms with Crippen molar-refractivity contribution in [1.82, 2.24) is 4.98 Å². The van der Waals surface area contributed by atoms with Crippen LogP contribution in [-0.4, -0.2) is 10.9 Å². The van der Waals surface area contributed by atoms with Gasteiger partial charge >= 0.3 is 0 Å². The minimum absolute atomic E-state index is 0.312. The van der Waals surface area contributed by atoms with Crippen molar-refractivity contribution in [2.75, 3.05) is 10.6 Å². The Morgan fingerprint density at radius 2 is 1.58 bits per heavy atom. The Morgan fingerprint density at radius 3 is 2.29 bits per heavy atom. The summed E-state index contributed by atoms with van der Waals surface area (Å²) in [6.45, 7) is 0. The first-order valence-electron chi connectivity index (χ1n) is 7.15. The van der Waals surface area contributed by atoms with Crippen molar-refractivity contribution in [3.63, 3.8) is 0 Å². The molecule has 0 aliphatic rings. The van der Waals surface area contributed by atoms with E-state index in [0.717, 1.165) is 10.2 Å². The first-order chi connectivity index (χ1) is 11.6. The maximum Gasteiger partial charge on any atom is 0.257 e. The van der Waals surface area contributed by atoms with E-state index in [2.05, 4.69) is 31.5 Å². The SMILES string of the molecule is O=C(Nc1ccc(F)cc1)c1cncc(Nc2ccc(Br)cc2)c1. The van der Waals surface area contributed by atoms with E-state index in [4.69, 9.17) is 0 Å². The molecule has 0 radical (unpaired) electrons. The Morgan fingerprint density at radius 1 is 0.917 bits per heavy atom. The molecule has 24 heavy (non-hydrogen) atoms. The summed E-state index contributed by atoms with van der Waals surface area (Å²) >= 11 is 3.38. The third-order valence-electron chi connectivity index (χ3n) is 3.24. The maximum absolute atomic E-state index is 12.9. The molecule has 0 aliphatic heterocycles. The van der Waals surface area contributed by atoms with E-state index in [1.807, 2.05) is 24.3 Å². The average Bonchev–Trinajstić information content (AvgIpc) is 2.59. The molecule has 4 nitrogen and oxygen atoms in total. The molecule has 0 bridgehead atoms. The molecule has 0 aliphatic carbocycles. The number of halogens is 2. The van der Waals surface area contributed by atoms with Gasteiger partial charge in [0.25, 0.3) is 5.91 Å². The summed E-state index contributed by atoms with van der Waals surface area (Å²) < 4.78 is 13.9. The number of aromatic nitrogens is 1. The molecule has 0 atom stereocenters. The molecule has 3 aromatic rings. The lowest BCUT2D eigenvalue weighted by molar-refractivity contribution is 0.102. The van der Waals surface area contributed by atoms with Crippen LogP contribution < -0.4 is 10.6 Å². The molecular weight excluding hydrogens is 373 g/mol. The fraction of sp³-hybridized carbons (Fsp3) is 0. The van der Waals surface area contributed by atoms with Crippen LogP contribution in [0.5, 0.6) is 0 Å². The molecule has 2 aromatic carbocycles. The molecule has 0 fully saturated rings. The van der Waals surface area contributed by atoms with Gasteiger partial charge in [-0.15, -0.1) is 0 Å². The van der Waals surface area contributed by atoms with Crippen LogP contribution in [0.4, 0.5) is 21.5 Å². The summed E-state index contributed by atoms with van der Waals surface area (Å²) in [6, 6.07) is 15.0. The monoisotopic (exact) mass is 385 g/mol. The number of benzene rings is 2. The topological polar surface area (TPSA) is 54.0 Å². The molecule has 0 saturated carbocycles. The van der Waals surface area contributed by atoms with Crippen LogP contribution in [0, 0.1) is 5.82 Å². The van der Waals surface area contributed by atoms with E-state index < -0.39 is 0 Å². The maximum atomic E-state index is 12.9. The third-order valence-corrected chi connectivity index (χ3v) is 3.76. The van der Waals surface area contributed by atoms with Gasteiger partial charge in [-0.2, -0.15) is 0 Å². The second kappa shape index (κ2) is 7.23. The second-order valence-corrected chi connectivity index (χ2v) is 5.97. The normalized spacial score (nSPS) is 10.2. The molecule has 0 spiro atoms. The van der Waals surface area contributed by atoms with Gasteiger partial charge in [-0.3, -0.25) is 9.78 Å². The lowest BCUT2D eigenvalue weighted by Gasteiger charge is -2.09. The Balaban J connectivity index is 1.73. The number of nitrogens with one attached hydrogen (secondary N) is 2. The van der Waals surface area contributed by atoms with Crippen LogP contribution in [0.3, 0.4) is 0 Å². The molecule has 120 valence electrons. The van der Waals surface area contributed by atoms with E-state index in [9.17, 15) is 9.18 Å². The van der Waals surface area contributed by atoms with Crippen LogP contribution in [0.15, 0.2) is 71.5 Å². The van der Waals surface area contributed by atoms with Gasteiger partial charge in [0.15, 0.2) is 0 Å². The van der Waals surface area contributed by atoms with Crippen molar-refractivity contribution in [1.29, 1.82) is 0 Å². The highest BCUT2D eigenvalue weighted by molar-refractivity contribution is 9.10. The summed E-state index contributed by atoms with van der Waals surface area (Å²) in [7, 11) is 0. The quantitative estimate of drug-likeness (QED) is 0.665. The molecule has 3 rings (SSSR count). The van der Waals surface area contributed by atoms with E-state index in [1.165, 1.54) is 30.5 Å². The number of hydrogen-bond acceptors (Lipinski definition) is 3. The number of anilines is 3. The molecule has 1 heterocycles. The number of nitrogens with zero attached hydrogens (tertiary/aromatic N) is 1. The lowest BCUT2D eigenvalue weighted by Crippen LogP contribution is -2.12. The number of rotatable bonds is 4. The minimum Gasteiger partial charge on any atom is -0.354 e. The van der Waals surface area contributed by atoms with E-state index in [0.29, 0.717) is 16.9 Å². The Hall–Kier alpha value is -2.73. The van der Waals surface area contributed by atoms with Crippen LogP contribution in [-0.2, 0) is 0 Å². The van der Waals surface area contributed by atoms with E-state index in [-0.39, 0.29) is 11.7 Å². The molecule has 0 unspecified atom stereocenters. The average molecular weight is 386 g/mol. The van der Waals surface area contributed by atoms with Crippen LogP contribution in [0.2, 0.25) is 0 Å². The zero-order valence-electron chi connectivity index (χ0n) is 12.5. The summed E-state index contributed by atoms with van der Waals surface area (Å²) in [5.41, 5.74) is 2.51. The van der Waals surface area contributed by atoms with Gasteiger partial charge in [-0.05, 0) is 54.6 Å². The summed E-state index contributed by atoms with van der Waals surface area (Å²) in [5.74, 6) is -0.663. The Bertz CT molecular complexity index is 851. The first kappa shape index (κ1) is 16.1. The van der Waals surface area contributed by atoms with Gasteiger partial charge in [-0.1, -0.05) is 15.9 Å². The predicted octanol–water partition coefficient (Wildman–Crippen LogP) is 4.98. The standard InChI is InChI=1S/C18H13BrFN3O/c19-13-1-5-15(6-2-13)22-17-9-12(10-21-11-17)18(24)23-16-7-3-14(20)4-8-16/h1-11,22H,(H,23,24). The highest BCUT2D eigenvalue weighted by atomic mass is 79.9. The van der Waals surface area contributed by atoms with Gasteiger partial charge < -0.3 is 10.6 Å². The highest BCUT2D eigenvalue weighted by Crippen LogP contribution is 2.20. The largest absolute Gasteiger partial charge is 0.354 e. The molecule has 1 amide bonds. The van der Waals surface area contributed by atoms with Crippen LogP contribution in [0.25, 0.3) is 0 Å². The first-order valence-corrected chi connectivity index (χ1v) is 7.94. The van der Waals surface area contributed by atoms with Crippen LogP contribution >= 0.6 is 15.9 Å². The smallest absolute Gasteiger partial charge is 0.257 e. The summed E-state index contributed by atoms with van der Waals surface area (Å²) in [5, 5.41) is 5.89. The van der Waals surface area contributed by atoms with Gasteiger partial charge in [0.2, 0.25) is 0 Å². The lowest BCUT2D eigenvalue weighted by atomic mass is 10.2. The predicted molar refractivity (Wildman–Crippen MR) is 96.0 cm³/mol. The molecule has 2 N–H and O–H groups in total. The van der Waals surface area contributed by atoms with E-state index >= 15 is 0 Å². The van der Waals surface area contributed by atoms with Crippen molar-refractivity contribution in [2.24, 2.45) is 0 Å². The van der Waals surface area contributed by atoms with Gasteiger partial charge in [0, 0.05) is 22.0 Å². The Kier molecular flexibility index (Phi) is 4.86. The van der Waals surface area contributed by atoms with E-state index in [1.54, 1.807) is 12.3 Å². The molecule has 6 heteroatoms. The zero-order chi connectivity index (χ0) is 16.9. The molecular formula is C18H13BrFN3O. The second-order valence-electron chi connectivity index (χ2n) is 5.06. The number of carbonyl (C=O) groups is 1. The van der Waals surface area contributed by atoms with Gasteiger partial charge in [0.05, 0.1) is 17.4 Å². The fourth-order valence-electron chi connectivity index (χ4n) is 2.07. The number of carbonyl (C=O) groups excluding carboxylic acids is 1. The van der Waals surface area contributed by atoms with Gasteiger partial charge in [0.1, 0.15) is 5.82 Å². The summed E-state index contributed by atoms with van der Waals surface area (Å²) in [6.07, 6.45) is 3.11. The van der Waals surface area contributed by atoms with Gasteiger partial charge in [-0.25, -0.2) is 4.39 Å². The number of amides is 1. The van der Waals surface area contributed by atoms with Crippen molar-refractivity contribution in [3.05, 3.63) is 82.8 Å². The van der Waals surface area contributed by atoms with Crippen LogP contribution in [0.1, 0.15) is 10.4 Å².